The summed E-state index contributed by atoms with van der Waals surface area (Å²) in [6, 6.07) is 13.6. The first-order chi connectivity index (χ1) is 14.6. The highest BCUT2D eigenvalue weighted by molar-refractivity contribution is 5.84. The van der Waals surface area contributed by atoms with Gasteiger partial charge in [0.25, 0.3) is 11.8 Å². The molecule has 0 atom stereocenters. The van der Waals surface area contributed by atoms with E-state index < -0.39 is 5.91 Å². The molecule has 0 heterocycles. The minimum Gasteiger partial charge on any atom is -0.493 e. The molecular weight excluding hydrogens is 388 g/mol. The molecule has 156 valence electrons. The predicted molar refractivity (Wildman–Crippen MR) is 110 cm³/mol. The quantitative estimate of drug-likeness (QED) is 0.453. The minimum absolute atomic E-state index is 0.122. The molecule has 30 heavy (non-hydrogen) atoms. The summed E-state index contributed by atoms with van der Waals surface area (Å²) in [7, 11) is 1.48. The molecule has 0 unspecified atom stereocenters. The third kappa shape index (κ3) is 6.83. The van der Waals surface area contributed by atoms with Crippen LogP contribution in [0.25, 0.3) is 0 Å². The second kappa shape index (κ2) is 11.7. The molecule has 0 fully saturated rings. The number of hydrogen-bond donors (Lipinski definition) is 2. The van der Waals surface area contributed by atoms with Gasteiger partial charge in [0.15, 0.2) is 24.7 Å². The van der Waals surface area contributed by atoms with Gasteiger partial charge in [0.05, 0.1) is 18.9 Å². The zero-order chi connectivity index (χ0) is 21.8. The summed E-state index contributed by atoms with van der Waals surface area (Å²) in [5, 5.41) is 15.5. The highest BCUT2D eigenvalue weighted by Gasteiger charge is 2.08. The van der Waals surface area contributed by atoms with Crippen LogP contribution in [-0.2, 0) is 9.59 Å². The SMILES string of the molecule is CCNC(=O)COc1ccc(/C=N/NC(=O)COc2ccccc2C#N)cc1OC. The maximum absolute atomic E-state index is 11.9. The number of carbonyl (C=O) groups is 2. The van der Waals surface area contributed by atoms with Gasteiger partial charge in [-0.05, 0) is 42.8 Å². The summed E-state index contributed by atoms with van der Waals surface area (Å²) in [6.45, 7) is 1.94. The molecule has 9 nitrogen and oxygen atoms in total. The van der Waals surface area contributed by atoms with Crippen molar-refractivity contribution in [1.29, 1.82) is 5.26 Å². The van der Waals surface area contributed by atoms with Crippen molar-refractivity contribution in [3.63, 3.8) is 0 Å². The Morgan fingerprint density at radius 1 is 1.07 bits per heavy atom. The van der Waals surface area contributed by atoms with Gasteiger partial charge in [-0.15, -0.1) is 0 Å². The number of hydrogen-bond acceptors (Lipinski definition) is 7. The Hall–Kier alpha value is -4.06. The molecule has 0 aliphatic heterocycles. The number of para-hydroxylation sites is 1. The molecule has 2 rings (SSSR count). The maximum atomic E-state index is 11.9. The Bertz CT molecular complexity index is 953. The lowest BCUT2D eigenvalue weighted by molar-refractivity contribution is -0.123. The van der Waals surface area contributed by atoms with Crippen LogP contribution in [0, 0.1) is 11.3 Å². The molecule has 2 N–H and O–H groups in total. The topological polar surface area (TPSA) is 122 Å². The number of methoxy groups -OCH3 is 1. The molecule has 0 aromatic heterocycles. The van der Waals surface area contributed by atoms with E-state index in [0.717, 1.165) is 0 Å². The van der Waals surface area contributed by atoms with Gasteiger partial charge in [0.1, 0.15) is 11.8 Å². The summed E-state index contributed by atoms with van der Waals surface area (Å²) in [4.78, 5) is 23.4. The molecule has 0 aliphatic rings. The van der Waals surface area contributed by atoms with Crippen LogP contribution >= 0.6 is 0 Å². The number of carbonyl (C=O) groups excluding carboxylic acids is 2. The second-order valence-corrected chi connectivity index (χ2v) is 5.84. The van der Waals surface area contributed by atoms with Crippen LogP contribution < -0.4 is 25.0 Å². The van der Waals surface area contributed by atoms with Gasteiger partial charge in [0, 0.05) is 6.54 Å². The van der Waals surface area contributed by atoms with E-state index in [0.29, 0.717) is 34.9 Å². The van der Waals surface area contributed by atoms with E-state index in [2.05, 4.69) is 15.8 Å². The number of likely N-dealkylation sites (N-methyl/N-ethyl adjacent to an activating group) is 1. The average Bonchev–Trinajstić information content (AvgIpc) is 2.77. The number of hydrazone groups is 1. The van der Waals surface area contributed by atoms with Gasteiger partial charge in [0.2, 0.25) is 0 Å². The molecule has 2 aromatic carbocycles. The lowest BCUT2D eigenvalue weighted by atomic mass is 10.2. The van der Waals surface area contributed by atoms with E-state index in [4.69, 9.17) is 19.5 Å². The number of nitriles is 1. The Morgan fingerprint density at radius 3 is 2.53 bits per heavy atom. The Kier molecular flexibility index (Phi) is 8.68. The summed E-state index contributed by atoms with van der Waals surface area (Å²) in [6.07, 6.45) is 1.43. The van der Waals surface area contributed by atoms with E-state index in [1.807, 2.05) is 13.0 Å². The first-order valence-corrected chi connectivity index (χ1v) is 9.08. The zero-order valence-corrected chi connectivity index (χ0v) is 16.7. The van der Waals surface area contributed by atoms with E-state index in [9.17, 15) is 9.59 Å². The molecule has 0 radical (unpaired) electrons. The normalized spacial score (nSPS) is 10.2. The molecule has 2 amide bonds. The van der Waals surface area contributed by atoms with E-state index in [-0.39, 0.29) is 19.1 Å². The van der Waals surface area contributed by atoms with Crippen LogP contribution in [0.15, 0.2) is 47.6 Å². The molecule has 0 bridgehead atoms. The Morgan fingerprint density at radius 2 is 1.80 bits per heavy atom. The third-order valence-corrected chi connectivity index (χ3v) is 3.69. The number of benzene rings is 2. The van der Waals surface area contributed by atoms with Crippen molar-refractivity contribution in [1.82, 2.24) is 10.7 Å². The number of nitrogens with one attached hydrogen (secondary N) is 2. The first kappa shape index (κ1) is 22.2. The van der Waals surface area contributed by atoms with Crippen molar-refractivity contribution in [2.24, 2.45) is 5.10 Å². The Labute approximate surface area is 174 Å². The average molecular weight is 410 g/mol. The monoisotopic (exact) mass is 410 g/mol. The number of ether oxygens (including phenoxy) is 3. The largest absolute Gasteiger partial charge is 0.493 e. The molecule has 0 saturated carbocycles. The Balaban J connectivity index is 1.88. The van der Waals surface area contributed by atoms with Gasteiger partial charge >= 0.3 is 0 Å². The standard InChI is InChI=1S/C21H22N4O5/c1-3-23-20(26)13-30-18-9-8-15(10-19(18)28-2)12-24-25-21(27)14-29-17-7-5-4-6-16(17)11-22/h4-10,12H,3,13-14H2,1-2H3,(H,23,26)(H,25,27)/b24-12+. The fraction of sp³-hybridized carbons (Fsp3) is 0.238. The second-order valence-electron chi connectivity index (χ2n) is 5.84. The highest BCUT2D eigenvalue weighted by Crippen LogP contribution is 2.27. The molecule has 2 aromatic rings. The van der Waals surface area contributed by atoms with Crippen molar-refractivity contribution < 1.29 is 23.8 Å². The van der Waals surface area contributed by atoms with Gasteiger partial charge in [-0.25, -0.2) is 5.43 Å². The van der Waals surface area contributed by atoms with Crippen LogP contribution in [0.5, 0.6) is 17.2 Å². The number of amides is 2. The molecule has 0 aliphatic carbocycles. The highest BCUT2D eigenvalue weighted by atomic mass is 16.5. The predicted octanol–water partition coefficient (Wildman–Crippen LogP) is 1.61. The van der Waals surface area contributed by atoms with Crippen molar-refractivity contribution in [2.75, 3.05) is 26.9 Å². The van der Waals surface area contributed by atoms with E-state index in [1.165, 1.54) is 13.3 Å². The van der Waals surface area contributed by atoms with Gasteiger partial charge < -0.3 is 19.5 Å². The van der Waals surface area contributed by atoms with Gasteiger partial charge in [-0.3, -0.25) is 9.59 Å². The van der Waals surface area contributed by atoms with Crippen LogP contribution in [0.3, 0.4) is 0 Å². The fourth-order valence-corrected chi connectivity index (χ4v) is 2.31. The lowest BCUT2D eigenvalue weighted by Gasteiger charge is -2.11. The molecule has 0 saturated heterocycles. The minimum atomic E-state index is -0.479. The van der Waals surface area contributed by atoms with Gasteiger partial charge in [-0.2, -0.15) is 10.4 Å². The molecule has 0 spiro atoms. The van der Waals surface area contributed by atoms with Crippen molar-refractivity contribution in [3.8, 4) is 23.3 Å². The van der Waals surface area contributed by atoms with E-state index >= 15 is 0 Å². The lowest BCUT2D eigenvalue weighted by Crippen LogP contribution is -2.28. The third-order valence-electron chi connectivity index (χ3n) is 3.69. The zero-order valence-electron chi connectivity index (χ0n) is 16.7. The smallest absolute Gasteiger partial charge is 0.277 e. The maximum Gasteiger partial charge on any atom is 0.277 e. The van der Waals surface area contributed by atoms with Crippen LogP contribution in [-0.4, -0.2) is 44.9 Å². The summed E-state index contributed by atoms with van der Waals surface area (Å²) >= 11 is 0. The summed E-state index contributed by atoms with van der Waals surface area (Å²) in [5.74, 6) is 0.452. The summed E-state index contributed by atoms with van der Waals surface area (Å²) < 4.78 is 16.0. The first-order valence-electron chi connectivity index (χ1n) is 9.08. The van der Waals surface area contributed by atoms with Crippen LogP contribution in [0.4, 0.5) is 0 Å². The van der Waals surface area contributed by atoms with Crippen molar-refractivity contribution in [3.05, 3.63) is 53.6 Å². The fourth-order valence-electron chi connectivity index (χ4n) is 2.31. The van der Waals surface area contributed by atoms with Crippen molar-refractivity contribution in [2.45, 2.75) is 6.92 Å². The van der Waals surface area contributed by atoms with Gasteiger partial charge in [-0.1, -0.05) is 12.1 Å². The van der Waals surface area contributed by atoms with E-state index in [1.54, 1.807) is 42.5 Å². The van der Waals surface area contributed by atoms with Crippen LogP contribution in [0.2, 0.25) is 0 Å². The van der Waals surface area contributed by atoms with Crippen LogP contribution in [0.1, 0.15) is 18.1 Å². The van der Waals surface area contributed by atoms with Crippen molar-refractivity contribution >= 4 is 18.0 Å². The summed E-state index contributed by atoms with van der Waals surface area (Å²) in [5.41, 5.74) is 3.33. The number of rotatable bonds is 10. The molecular formula is C21H22N4O5. The number of nitrogens with zero attached hydrogens (tertiary/aromatic N) is 2. The molecule has 9 heteroatoms.